The van der Waals surface area contributed by atoms with Gasteiger partial charge in [0.1, 0.15) is 5.70 Å². The number of aromatic nitrogens is 1. The number of hydrogen-bond acceptors (Lipinski definition) is 6. The Balaban J connectivity index is 3.24. The molecule has 0 aliphatic heterocycles. The number of aryl methyl sites for hydroxylation is 1. The molecule has 0 radical (unpaired) electrons. The third-order valence-corrected chi connectivity index (χ3v) is 2.86. The Labute approximate surface area is 124 Å². The minimum Gasteiger partial charge on any atom is -0.466 e. The first-order chi connectivity index (χ1) is 9.90. The van der Waals surface area contributed by atoms with Crippen molar-refractivity contribution in [3.8, 4) is 0 Å². The second-order valence-electron chi connectivity index (χ2n) is 4.74. The van der Waals surface area contributed by atoms with E-state index in [0.717, 1.165) is 17.3 Å². The van der Waals surface area contributed by atoms with Crippen LogP contribution in [0.3, 0.4) is 0 Å². The number of ether oxygens (including phenoxy) is 2. The summed E-state index contributed by atoms with van der Waals surface area (Å²) in [5, 5.41) is 2.94. The lowest BCUT2D eigenvalue weighted by atomic mass is 10.0. The highest BCUT2D eigenvalue weighted by molar-refractivity contribution is 5.99. The predicted octanol–water partition coefficient (Wildman–Crippen LogP) is 2.16. The number of nitrogens with zero attached hydrogens (tertiary/aromatic N) is 1. The first-order valence-corrected chi connectivity index (χ1v) is 6.51. The molecule has 0 fully saturated rings. The first kappa shape index (κ1) is 16.7. The highest BCUT2D eigenvalue weighted by Gasteiger charge is 2.17. The molecule has 0 bridgehead atoms. The molecular formula is C15H20N2O4. The maximum Gasteiger partial charge on any atom is 0.354 e. The van der Waals surface area contributed by atoms with Crippen molar-refractivity contribution in [2.75, 3.05) is 19.5 Å². The standard InChI is InChI=1S/C15H20N2O4/c1-9(2)13-14(10(3)6-7-16-13)17-11(15(19)21-5)8-12(18)20-4/h6-9,17H,1-5H3/b11-8+. The van der Waals surface area contributed by atoms with Gasteiger partial charge in [0.15, 0.2) is 0 Å². The molecule has 0 unspecified atom stereocenters. The van der Waals surface area contributed by atoms with Gasteiger partial charge in [0.2, 0.25) is 0 Å². The second-order valence-corrected chi connectivity index (χ2v) is 4.74. The summed E-state index contributed by atoms with van der Waals surface area (Å²) in [6.45, 7) is 5.88. The van der Waals surface area contributed by atoms with Gasteiger partial charge in [-0.15, -0.1) is 0 Å². The van der Waals surface area contributed by atoms with Gasteiger partial charge < -0.3 is 14.8 Å². The molecule has 1 aromatic rings. The highest BCUT2D eigenvalue weighted by Crippen LogP contribution is 2.26. The number of rotatable bonds is 5. The quantitative estimate of drug-likeness (QED) is 0.662. The molecule has 0 aromatic carbocycles. The minimum atomic E-state index is -0.654. The summed E-state index contributed by atoms with van der Waals surface area (Å²) in [4.78, 5) is 27.5. The molecule has 6 heteroatoms. The van der Waals surface area contributed by atoms with Crippen LogP contribution in [-0.2, 0) is 19.1 Å². The van der Waals surface area contributed by atoms with Crippen molar-refractivity contribution in [2.24, 2.45) is 0 Å². The van der Waals surface area contributed by atoms with Gasteiger partial charge in [0, 0.05) is 6.20 Å². The molecule has 0 aliphatic rings. The van der Waals surface area contributed by atoms with Crippen LogP contribution in [0.25, 0.3) is 0 Å². The molecule has 1 aromatic heterocycles. The van der Waals surface area contributed by atoms with Crippen molar-refractivity contribution in [1.29, 1.82) is 0 Å². The zero-order valence-corrected chi connectivity index (χ0v) is 12.9. The number of esters is 2. The van der Waals surface area contributed by atoms with E-state index in [1.165, 1.54) is 14.2 Å². The number of carbonyl (C=O) groups is 2. The van der Waals surface area contributed by atoms with Crippen molar-refractivity contribution >= 4 is 17.6 Å². The Kier molecular flexibility index (Phi) is 5.90. The summed E-state index contributed by atoms with van der Waals surface area (Å²) >= 11 is 0. The normalized spacial score (nSPS) is 11.2. The fraction of sp³-hybridized carbons (Fsp3) is 0.400. The molecule has 0 aliphatic carbocycles. The topological polar surface area (TPSA) is 77.5 Å². The second kappa shape index (κ2) is 7.42. The number of carbonyl (C=O) groups excluding carboxylic acids is 2. The third kappa shape index (κ3) is 4.30. The van der Waals surface area contributed by atoms with Crippen molar-refractivity contribution in [3.63, 3.8) is 0 Å². The molecule has 1 N–H and O–H groups in total. The number of anilines is 1. The Bertz CT molecular complexity index is 565. The monoisotopic (exact) mass is 292 g/mol. The summed E-state index contributed by atoms with van der Waals surface area (Å²) < 4.78 is 9.21. The molecule has 0 saturated heterocycles. The number of pyridine rings is 1. The fourth-order valence-electron chi connectivity index (χ4n) is 1.75. The molecule has 0 amide bonds. The molecule has 0 spiro atoms. The average molecular weight is 292 g/mol. The van der Waals surface area contributed by atoms with Gasteiger partial charge in [0.05, 0.1) is 31.7 Å². The summed E-state index contributed by atoms with van der Waals surface area (Å²) in [7, 11) is 2.48. The van der Waals surface area contributed by atoms with Gasteiger partial charge in [-0.05, 0) is 24.5 Å². The van der Waals surface area contributed by atoms with Crippen LogP contribution in [0.15, 0.2) is 24.0 Å². The van der Waals surface area contributed by atoms with Gasteiger partial charge in [-0.1, -0.05) is 13.8 Å². The van der Waals surface area contributed by atoms with Crippen molar-refractivity contribution in [2.45, 2.75) is 26.7 Å². The molecule has 1 heterocycles. The van der Waals surface area contributed by atoms with E-state index in [1.54, 1.807) is 6.20 Å². The third-order valence-electron chi connectivity index (χ3n) is 2.86. The lowest BCUT2D eigenvalue weighted by Crippen LogP contribution is -2.17. The molecule has 114 valence electrons. The van der Waals surface area contributed by atoms with E-state index in [-0.39, 0.29) is 11.6 Å². The lowest BCUT2D eigenvalue weighted by Gasteiger charge is -2.17. The van der Waals surface area contributed by atoms with Crippen LogP contribution in [0.2, 0.25) is 0 Å². The molecule has 6 nitrogen and oxygen atoms in total. The van der Waals surface area contributed by atoms with Crippen LogP contribution in [0.1, 0.15) is 31.0 Å². The Morgan fingerprint density at radius 2 is 1.95 bits per heavy atom. The largest absolute Gasteiger partial charge is 0.466 e. The SMILES string of the molecule is COC(=O)/C=C(/Nc1c(C)ccnc1C(C)C)C(=O)OC. The van der Waals surface area contributed by atoms with Gasteiger partial charge in [-0.25, -0.2) is 9.59 Å². The van der Waals surface area contributed by atoms with E-state index in [1.807, 2.05) is 26.8 Å². The zero-order valence-electron chi connectivity index (χ0n) is 12.9. The summed E-state index contributed by atoms with van der Waals surface area (Å²) in [5.41, 5.74) is 2.40. The van der Waals surface area contributed by atoms with E-state index < -0.39 is 11.9 Å². The number of methoxy groups -OCH3 is 2. The van der Waals surface area contributed by atoms with Crippen molar-refractivity contribution in [3.05, 3.63) is 35.3 Å². The maximum absolute atomic E-state index is 11.8. The van der Waals surface area contributed by atoms with Crippen LogP contribution < -0.4 is 5.32 Å². The average Bonchev–Trinajstić information content (AvgIpc) is 2.46. The van der Waals surface area contributed by atoms with E-state index in [9.17, 15) is 9.59 Å². The minimum absolute atomic E-state index is 0.00218. The van der Waals surface area contributed by atoms with Gasteiger partial charge in [0.25, 0.3) is 0 Å². The van der Waals surface area contributed by atoms with Crippen molar-refractivity contribution < 1.29 is 19.1 Å². The summed E-state index contributed by atoms with van der Waals surface area (Å²) in [6, 6.07) is 1.82. The smallest absolute Gasteiger partial charge is 0.354 e. The molecule has 21 heavy (non-hydrogen) atoms. The zero-order chi connectivity index (χ0) is 16.0. The van der Waals surface area contributed by atoms with E-state index in [4.69, 9.17) is 0 Å². The summed E-state index contributed by atoms with van der Waals surface area (Å²) in [6.07, 6.45) is 2.76. The lowest BCUT2D eigenvalue weighted by molar-refractivity contribution is -0.138. The molecular weight excluding hydrogens is 272 g/mol. The molecule has 0 saturated carbocycles. The van der Waals surface area contributed by atoms with Crippen LogP contribution in [0.4, 0.5) is 5.69 Å². The van der Waals surface area contributed by atoms with E-state index in [2.05, 4.69) is 19.8 Å². The fourth-order valence-corrected chi connectivity index (χ4v) is 1.75. The molecule has 0 atom stereocenters. The number of hydrogen-bond donors (Lipinski definition) is 1. The van der Waals surface area contributed by atoms with Gasteiger partial charge in [-0.3, -0.25) is 4.98 Å². The Morgan fingerprint density at radius 1 is 1.29 bits per heavy atom. The Morgan fingerprint density at radius 3 is 2.48 bits per heavy atom. The predicted molar refractivity (Wildman–Crippen MR) is 78.8 cm³/mol. The van der Waals surface area contributed by atoms with Gasteiger partial charge >= 0.3 is 11.9 Å². The van der Waals surface area contributed by atoms with Crippen LogP contribution in [0.5, 0.6) is 0 Å². The highest BCUT2D eigenvalue weighted by atomic mass is 16.5. The van der Waals surface area contributed by atoms with Crippen LogP contribution in [0, 0.1) is 6.92 Å². The van der Waals surface area contributed by atoms with E-state index >= 15 is 0 Å². The molecule has 1 rings (SSSR count). The summed E-state index contributed by atoms with van der Waals surface area (Å²) in [5.74, 6) is -1.14. The first-order valence-electron chi connectivity index (χ1n) is 6.51. The maximum atomic E-state index is 11.8. The van der Waals surface area contributed by atoms with Gasteiger partial charge in [-0.2, -0.15) is 0 Å². The van der Waals surface area contributed by atoms with E-state index in [0.29, 0.717) is 5.69 Å². The van der Waals surface area contributed by atoms with Crippen molar-refractivity contribution in [1.82, 2.24) is 4.98 Å². The van der Waals surface area contributed by atoms with Crippen LogP contribution in [-0.4, -0.2) is 31.1 Å². The Hall–Kier alpha value is -2.37. The van der Waals surface area contributed by atoms with Crippen LogP contribution >= 0.6 is 0 Å². The number of nitrogens with one attached hydrogen (secondary N) is 1.